The molecule has 1 amide bonds. The third-order valence-corrected chi connectivity index (χ3v) is 6.89. The maximum absolute atomic E-state index is 12.8. The van der Waals surface area contributed by atoms with Gasteiger partial charge < -0.3 is 14.4 Å². The molecule has 1 aliphatic heterocycles. The van der Waals surface area contributed by atoms with Gasteiger partial charge in [0.2, 0.25) is 0 Å². The number of fused-ring (bicyclic) bond motifs is 2. The van der Waals surface area contributed by atoms with Gasteiger partial charge in [0.1, 0.15) is 0 Å². The minimum absolute atomic E-state index is 0.0454. The zero-order valence-corrected chi connectivity index (χ0v) is 17.2. The lowest BCUT2D eigenvalue weighted by molar-refractivity contribution is -0.139. The molecule has 3 aliphatic rings. The number of esters is 1. The molecule has 0 spiro atoms. The van der Waals surface area contributed by atoms with Gasteiger partial charge >= 0.3 is 12.1 Å². The second-order valence-electron chi connectivity index (χ2n) is 9.88. The maximum Gasteiger partial charge on any atom is 0.410 e. The number of hydrogen-bond acceptors (Lipinski definition) is 4. The van der Waals surface area contributed by atoms with Gasteiger partial charge in [0.15, 0.2) is 0 Å². The van der Waals surface area contributed by atoms with Crippen molar-refractivity contribution in [1.82, 2.24) is 4.90 Å². The van der Waals surface area contributed by atoms with E-state index in [9.17, 15) is 9.59 Å². The van der Waals surface area contributed by atoms with Crippen molar-refractivity contribution >= 4 is 12.1 Å². The molecule has 5 heteroatoms. The highest BCUT2D eigenvalue weighted by Crippen LogP contribution is 2.53. The number of rotatable bonds is 5. The van der Waals surface area contributed by atoms with E-state index in [1.54, 1.807) is 0 Å². The zero-order valence-electron chi connectivity index (χ0n) is 17.2. The van der Waals surface area contributed by atoms with Crippen molar-refractivity contribution in [3.05, 3.63) is 12.7 Å². The first kappa shape index (κ1) is 20.2. The molecule has 0 aromatic carbocycles. The second kappa shape index (κ2) is 7.84. The molecular formula is C22H35NO4. The summed E-state index contributed by atoms with van der Waals surface area (Å²) in [6.07, 6.45) is 8.53. The van der Waals surface area contributed by atoms with E-state index in [0.29, 0.717) is 31.0 Å². The lowest BCUT2D eigenvalue weighted by atomic mass is 9.68. The van der Waals surface area contributed by atoms with Gasteiger partial charge in [-0.25, -0.2) is 9.59 Å². The first-order valence-electron chi connectivity index (χ1n) is 10.5. The summed E-state index contributed by atoms with van der Waals surface area (Å²) in [7, 11) is 0. The lowest BCUT2D eigenvalue weighted by Gasteiger charge is -2.40. The number of ether oxygens (including phenoxy) is 2. The van der Waals surface area contributed by atoms with E-state index in [0.717, 1.165) is 45.1 Å². The van der Waals surface area contributed by atoms with Gasteiger partial charge in [0, 0.05) is 18.2 Å². The summed E-state index contributed by atoms with van der Waals surface area (Å²) in [6.45, 7) is 12.1. The van der Waals surface area contributed by atoms with Gasteiger partial charge in [-0.1, -0.05) is 20.4 Å². The van der Waals surface area contributed by atoms with E-state index in [-0.39, 0.29) is 23.0 Å². The minimum atomic E-state index is -0.349. The Morgan fingerprint density at radius 1 is 1.07 bits per heavy atom. The number of hydrogen-bond donors (Lipinski definition) is 0. The van der Waals surface area contributed by atoms with E-state index in [4.69, 9.17) is 9.47 Å². The van der Waals surface area contributed by atoms with Crippen molar-refractivity contribution in [3.63, 3.8) is 0 Å². The fourth-order valence-electron chi connectivity index (χ4n) is 6.00. The van der Waals surface area contributed by atoms with Crippen molar-refractivity contribution in [2.45, 2.75) is 71.3 Å². The molecule has 2 bridgehead atoms. The maximum atomic E-state index is 12.8. The van der Waals surface area contributed by atoms with Crippen LogP contribution in [0.2, 0.25) is 0 Å². The molecule has 3 fully saturated rings. The Morgan fingerprint density at radius 2 is 1.67 bits per heavy atom. The fraction of sp³-hybridized carbons (Fsp3) is 0.818. The monoisotopic (exact) mass is 377 g/mol. The van der Waals surface area contributed by atoms with Crippen LogP contribution < -0.4 is 0 Å². The Balaban J connectivity index is 1.43. The van der Waals surface area contributed by atoms with Gasteiger partial charge in [-0.3, -0.25) is 0 Å². The van der Waals surface area contributed by atoms with E-state index in [1.165, 1.54) is 12.5 Å². The molecule has 0 radical (unpaired) electrons. The van der Waals surface area contributed by atoms with Crippen LogP contribution >= 0.6 is 0 Å². The SMILES string of the molecule is C=CC(=O)OCC1CCC(COC(=O)N2CC3(C)CC(C)CC2(C)C3)CC1. The zero-order chi connectivity index (χ0) is 19.7. The quantitative estimate of drug-likeness (QED) is 0.521. The Morgan fingerprint density at radius 3 is 2.26 bits per heavy atom. The topological polar surface area (TPSA) is 55.8 Å². The first-order chi connectivity index (χ1) is 12.7. The molecule has 0 aromatic rings. The van der Waals surface area contributed by atoms with E-state index < -0.39 is 0 Å². The van der Waals surface area contributed by atoms with Crippen LogP contribution in [0.25, 0.3) is 0 Å². The highest BCUT2D eigenvalue weighted by Gasteiger charge is 2.55. The Bertz CT molecular complexity index is 583. The number of nitrogens with zero attached hydrogens (tertiary/aromatic N) is 1. The molecule has 5 nitrogen and oxygen atoms in total. The minimum Gasteiger partial charge on any atom is -0.462 e. The van der Waals surface area contributed by atoms with Crippen molar-refractivity contribution in [1.29, 1.82) is 0 Å². The average Bonchev–Trinajstić information content (AvgIpc) is 2.82. The molecule has 3 unspecified atom stereocenters. The van der Waals surface area contributed by atoms with Crippen LogP contribution in [0.15, 0.2) is 12.7 Å². The summed E-state index contributed by atoms with van der Waals surface area (Å²) in [6, 6.07) is 0. The van der Waals surface area contributed by atoms with Crippen LogP contribution in [-0.4, -0.2) is 42.3 Å². The van der Waals surface area contributed by atoms with Crippen LogP contribution in [0, 0.1) is 23.2 Å². The van der Waals surface area contributed by atoms with Crippen molar-refractivity contribution in [3.8, 4) is 0 Å². The smallest absolute Gasteiger partial charge is 0.410 e. The predicted molar refractivity (Wildman–Crippen MR) is 104 cm³/mol. The molecular weight excluding hydrogens is 342 g/mol. The molecule has 0 N–H and O–H groups in total. The third-order valence-electron chi connectivity index (χ3n) is 6.89. The Labute approximate surface area is 163 Å². The molecule has 152 valence electrons. The third kappa shape index (κ3) is 4.67. The van der Waals surface area contributed by atoms with Crippen LogP contribution in [0.3, 0.4) is 0 Å². The van der Waals surface area contributed by atoms with Crippen LogP contribution in [0.1, 0.15) is 65.7 Å². The van der Waals surface area contributed by atoms with Gasteiger partial charge in [0.05, 0.1) is 13.2 Å². The van der Waals surface area contributed by atoms with Crippen LogP contribution in [0.4, 0.5) is 4.79 Å². The van der Waals surface area contributed by atoms with Gasteiger partial charge in [-0.05, 0) is 75.0 Å². The van der Waals surface area contributed by atoms with Crippen molar-refractivity contribution in [2.24, 2.45) is 23.2 Å². The van der Waals surface area contributed by atoms with Gasteiger partial charge in [-0.2, -0.15) is 0 Å². The fourth-order valence-corrected chi connectivity index (χ4v) is 6.00. The predicted octanol–water partition coefficient (Wildman–Crippen LogP) is 4.56. The highest BCUT2D eigenvalue weighted by molar-refractivity contribution is 5.81. The summed E-state index contributed by atoms with van der Waals surface area (Å²) >= 11 is 0. The second-order valence-corrected chi connectivity index (χ2v) is 9.88. The number of likely N-dealkylation sites (tertiary alicyclic amines) is 1. The lowest BCUT2D eigenvalue weighted by Crippen LogP contribution is -2.46. The molecule has 27 heavy (non-hydrogen) atoms. The normalized spacial score (nSPS) is 38.3. The molecule has 1 saturated heterocycles. The molecule has 3 rings (SSSR count). The Kier molecular flexibility index (Phi) is 5.87. The largest absolute Gasteiger partial charge is 0.462 e. The van der Waals surface area contributed by atoms with Crippen LogP contribution in [-0.2, 0) is 14.3 Å². The van der Waals surface area contributed by atoms with Crippen LogP contribution in [0.5, 0.6) is 0 Å². The summed E-state index contributed by atoms with van der Waals surface area (Å²) in [4.78, 5) is 26.0. The standard InChI is InChI=1S/C22H35NO4/c1-5-19(24)26-12-17-6-8-18(9-7-17)13-27-20(25)23-15-21(3)10-16(2)11-22(23,4)14-21/h5,16-18H,1,6-15H2,2-4H3. The van der Waals surface area contributed by atoms with Crippen molar-refractivity contribution < 1.29 is 19.1 Å². The summed E-state index contributed by atoms with van der Waals surface area (Å²) in [5.74, 6) is 1.15. The summed E-state index contributed by atoms with van der Waals surface area (Å²) in [5.41, 5.74) is 0.197. The number of carbonyl (C=O) groups excluding carboxylic acids is 2. The van der Waals surface area contributed by atoms with E-state index >= 15 is 0 Å². The number of amides is 1. The molecule has 2 aliphatic carbocycles. The Hall–Kier alpha value is -1.52. The number of carbonyl (C=O) groups is 2. The highest BCUT2D eigenvalue weighted by atomic mass is 16.6. The first-order valence-corrected chi connectivity index (χ1v) is 10.5. The van der Waals surface area contributed by atoms with E-state index in [1.807, 2.05) is 4.90 Å². The van der Waals surface area contributed by atoms with Gasteiger partial charge in [-0.15, -0.1) is 0 Å². The average molecular weight is 378 g/mol. The molecule has 2 saturated carbocycles. The van der Waals surface area contributed by atoms with Crippen molar-refractivity contribution in [2.75, 3.05) is 19.8 Å². The molecule has 1 heterocycles. The van der Waals surface area contributed by atoms with Gasteiger partial charge in [0.25, 0.3) is 0 Å². The molecule has 0 aromatic heterocycles. The van der Waals surface area contributed by atoms with E-state index in [2.05, 4.69) is 27.4 Å². The summed E-state index contributed by atoms with van der Waals surface area (Å²) in [5, 5.41) is 0. The molecule has 3 atom stereocenters. The summed E-state index contributed by atoms with van der Waals surface area (Å²) < 4.78 is 10.9.